The van der Waals surface area contributed by atoms with E-state index in [2.05, 4.69) is 0 Å². The van der Waals surface area contributed by atoms with Gasteiger partial charge in [0.1, 0.15) is 6.61 Å². The number of esters is 1. The number of ether oxygens (including phenoxy) is 1. The van der Waals surface area contributed by atoms with Gasteiger partial charge in [0, 0.05) is 5.92 Å². The molecule has 0 heterocycles. The second-order valence-corrected chi connectivity index (χ2v) is 6.13. The summed E-state index contributed by atoms with van der Waals surface area (Å²) < 4.78 is 17.7. The monoisotopic (exact) mass is 342 g/mol. The van der Waals surface area contributed by atoms with Gasteiger partial charge in [-0.15, -0.1) is 0 Å². The van der Waals surface area contributed by atoms with Crippen molar-refractivity contribution in [3.8, 4) is 11.1 Å². The lowest BCUT2D eigenvalue weighted by Gasteiger charge is -2.15. The highest BCUT2D eigenvalue weighted by molar-refractivity contribution is 5.80. The van der Waals surface area contributed by atoms with E-state index in [4.69, 9.17) is 9.84 Å². The molecule has 1 aliphatic rings. The summed E-state index contributed by atoms with van der Waals surface area (Å²) in [6.07, 6.45) is -0.491. The molecule has 1 aliphatic carbocycles. The quantitative estimate of drug-likeness (QED) is 0.778. The van der Waals surface area contributed by atoms with Crippen LogP contribution in [-0.2, 0) is 14.3 Å². The fraction of sp³-hybridized carbons (Fsp3) is 0.300. The van der Waals surface area contributed by atoms with Crippen molar-refractivity contribution < 1.29 is 23.8 Å². The summed E-state index contributed by atoms with van der Waals surface area (Å²) in [5.41, 5.74) is 4.44. The largest absolute Gasteiger partial charge is 0.481 e. The van der Waals surface area contributed by atoms with Crippen LogP contribution >= 0.6 is 0 Å². The number of carbonyl (C=O) groups excluding carboxylic acids is 1. The number of carbonyl (C=O) groups is 2. The molecular weight excluding hydrogens is 323 g/mol. The third-order valence-corrected chi connectivity index (χ3v) is 4.59. The Balaban J connectivity index is 1.71. The first-order valence-corrected chi connectivity index (χ1v) is 8.24. The first-order chi connectivity index (χ1) is 12.1. The Morgan fingerprint density at radius 2 is 1.60 bits per heavy atom. The van der Waals surface area contributed by atoms with Crippen molar-refractivity contribution in [1.82, 2.24) is 0 Å². The smallest absolute Gasteiger partial charge is 0.307 e. The summed E-state index contributed by atoms with van der Waals surface area (Å²) >= 11 is 0. The van der Waals surface area contributed by atoms with Gasteiger partial charge in [0.2, 0.25) is 0 Å². The van der Waals surface area contributed by atoms with Crippen LogP contribution in [0.1, 0.15) is 29.9 Å². The van der Waals surface area contributed by atoms with Crippen LogP contribution in [0.15, 0.2) is 48.5 Å². The zero-order valence-corrected chi connectivity index (χ0v) is 13.7. The lowest BCUT2D eigenvalue weighted by molar-refractivity contribution is -0.152. The van der Waals surface area contributed by atoms with Gasteiger partial charge in [-0.05, 0) is 28.7 Å². The average molecular weight is 342 g/mol. The van der Waals surface area contributed by atoms with Gasteiger partial charge < -0.3 is 9.84 Å². The average Bonchev–Trinajstić information content (AvgIpc) is 2.93. The highest BCUT2D eigenvalue weighted by Crippen LogP contribution is 2.44. The van der Waals surface area contributed by atoms with E-state index in [0.717, 1.165) is 22.3 Å². The topological polar surface area (TPSA) is 63.6 Å². The van der Waals surface area contributed by atoms with Crippen molar-refractivity contribution in [2.45, 2.75) is 18.8 Å². The molecule has 4 nitrogen and oxygen atoms in total. The number of hydrogen-bond donors (Lipinski definition) is 1. The Bertz CT molecular complexity index is 741. The zero-order chi connectivity index (χ0) is 17.8. The van der Waals surface area contributed by atoms with Crippen LogP contribution in [0.25, 0.3) is 11.1 Å². The van der Waals surface area contributed by atoms with E-state index in [0.29, 0.717) is 0 Å². The highest BCUT2D eigenvalue weighted by Gasteiger charge is 2.29. The molecule has 0 aromatic heterocycles. The van der Waals surface area contributed by atoms with Crippen LogP contribution in [0.4, 0.5) is 4.39 Å². The molecule has 0 unspecified atom stereocenters. The molecule has 5 heteroatoms. The second-order valence-electron chi connectivity index (χ2n) is 6.13. The van der Waals surface area contributed by atoms with E-state index in [1.807, 2.05) is 48.5 Å². The van der Waals surface area contributed by atoms with Gasteiger partial charge in [-0.25, -0.2) is 0 Å². The standard InChI is InChI=1S/C20H19FO4/c21-10-9-13(20(23)24)11-19(22)25-12-18-16-7-3-1-5-14(16)15-6-2-4-8-17(15)18/h1-8,13,18H,9-12H2,(H,23,24)/t13-/m1/s1. The Morgan fingerprint density at radius 1 is 1.04 bits per heavy atom. The van der Waals surface area contributed by atoms with Crippen molar-refractivity contribution in [3.05, 3.63) is 59.7 Å². The van der Waals surface area contributed by atoms with Gasteiger partial charge in [-0.2, -0.15) is 0 Å². The molecule has 25 heavy (non-hydrogen) atoms. The Hall–Kier alpha value is -2.69. The molecule has 3 rings (SSSR count). The van der Waals surface area contributed by atoms with Crippen molar-refractivity contribution in [1.29, 1.82) is 0 Å². The minimum Gasteiger partial charge on any atom is -0.481 e. The summed E-state index contributed by atoms with van der Waals surface area (Å²) in [4.78, 5) is 23.0. The molecule has 0 bridgehead atoms. The number of aliphatic carboxylic acids is 1. The number of carboxylic acid groups (broad SMARTS) is 1. The number of rotatable bonds is 7. The molecule has 0 saturated heterocycles. The molecule has 1 N–H and O–H groups in total. The van der Waals surface area contributed by atoms with Gasteiger partial charge in [-0.3, -0.25) is 14.0 Å². The van der Waals surface area contributed by atoms with Crippen LogP contribution < -0.4 is 0 Å². The zero-order valence-electron chi connectivity index (χ0n) is 13.7. The highest BCUT2D eigenvalue weighted by atomic mass is 19.1. The molecule has 2 aromatic carbocycles. The van der Waals surface area contributed by atoms with Crippen LogP contribution in [0.3, 0.4) is 0 Å². The lowest BCUT2D eigenvalue weighted by atomic mass is 9.98. The van der Waals surface area contributed by atoms with Crippen molar-refractivity contribution in [2.24, 2.45) is 5.92 Å². The van der Waals surface area contributed by atoms with Crippen molar-refractivity contribution >= 4 is 11.9 Å². The Labute approximate surface area is 145 Å². The van der Waals surface area contributed by atoms with Crippen LogP contribution in [0.5, 0.6) is 0 Å². The van der Waals surface area contributed by atoms with E-state index in [-0.39, 0.29) is 25.4 Å². The summed E-state index contributed by atoms with van der Waals surface area (Å²) in [6.45, 7) is -0.623. The van der Waals surface area contributed by atoms with Gasteiger partial charge in [0.05, 0.1) is 19.0 Å². The first kappa shape index (κ1) is 17.1. The number of carboxylic acids is 1. The normalized spacial score (nSPS) is 13.8. The van der Waals surface area contributed by atoms with Gasteiger partial charge >= 0.3 is 11.9 Å². The van der Waals surface area contributed by atoms with Crippen LogP contribution in [0.2, 0.25) is 0 Å². The van der Waals surface area contributed by atoms with Gasteiger partial charge in [-0.1, -0.05) is 48.5 Å². The van der Waals surface area contributed by atoms with E-state index in [1.165, 1.54) is 0 Å². The molecule has 2 aromatic rings. The van der Waals surface area contributed by atoms with E-state index in [1.54, 1.807) is 0 Å². The Kier molecular flexibility index (Phi) is 5.12. The van der Waals surface area contributed by atoms with E-state index >= 15 is 0 Å². The maximum Gasteiger partial charge on any atom is 0.307 e. The molecular formula is C20H19FO4. The summed E-state index contributed by atoms with van der Waals surface area (Å²) in [5.74, 6) is -2.89. The van der Waals surface area contributed by atoms with Crippen molar-refractivity contribution in [2.75, 3.05) is 13.3 Å². The summed E-state index contributed by atoms with van der Waals surface area (Å²) in [7, 11) is 0. The van der Waals surface area contributed by atoms with Crippen molar-refractivity contribution in [3.63, 3.8) is 0 Å². The molecule has 1 atom stereocenters. The second kappa shape index (κ2) is 7.47. The maximum absolute atomic E-state index is 12.4. The predicted octanol–water partition coefficient (Wildman–Crippen LogP) is 3.79. The number of hydrogen-bond acceptors (Lipinski definition) is 3. The Morgan fingerprint density at radius 3 is 2.12 bits per heavy atom. The van der Waals surface area contributed by atoms with Gasteiger partial charge in [0.25, 0.3) is 0 Å². The molecule has 130 valence electrons. The fourth-order valence-electron chi connectivity index (χ4n) is 3.32. The molecule has 0 amide bonds. The number of halogens is 1. The minimum atomic E-state index is -1.17. The third kappa shape index (κ3) is 3.55. The number of benzene rings is 2. The molecule has 0 fully saturated rings. The summed E-state index contributed by atoms with van der Waals surface area (Å²) in [5, 5.41) is 9.02. The molecule has 0 aliphatic heterocycles. The number of alkyl halides is 1. The molecule has 0 radical (unpaired) electrons. The molecule has 0 saturated carbocycles. The summed E-state index contributed by atoms with van der Waals surface area (Å²) in [6, 6.07) is 15.9. The van der Waals surface area contributed by atoms with E-state index in [9.17, 15) is 14.0 Å². The predicted molar refractivity (Wildman–Crippen MR) is 91.0 cm³/mol. The first-order valence-electron chi connectivity index (χ1n) is 8.24. The SMILES string of the molecule is O=C(C[C@@H](CCF)C(=O)O)OCC1c2ccccc2-c2ccccc21. The van der Waals surface area contributed by atoms with Crippen LogP contribution in [-0.4, -0.2) is 30.3 Å². The van der Waals surface area contributed by atoms with Gasteiger partial charge in [0.15, 0.2) is 0 Å². The lowest BCUT2D eigenvalue weighted by Crippen LogP contribution is -2.21. The molecule has 0 spiro atoms. The fourth-order valence-corrected chi connectivity index (χ4v) is 3.32. The third-order valence-electron chi connectivity index (χ3n) is 4.59. The number of fused-ring (bicyclic) bond motifs is 3. The van der Waals surface area contributed by atoms with E-state index < -0.39 is 24.5 Å². The van der Waals surface area contributed by atoms with Crippen LogP contribution in [0, 0.1) is 5.92 Å². The maximum atomic E-state index is 12.4. The minimum absolute atomic E-state index is 0.0687.